The van der Waals surface area contributed by atoms with Crippen molar-refractivity contribution in [3.63, 3.8) is 0 Å². The van der Waals surface area contributed by atoms with Gasteiger partial charge in [-0.05, 0) is 34.1 Å². The van der Waals surface area contributed by atoms with Crippen LogP contribution in [0.2, 0.25) is 10.2 Å². The molecular weight excluding hydrogens is 397 g/mol. The highest BCUT2D eigenvalue weighted by Gasteiger charge is 2.25. The second-order valence-electron chi connectivity index (χ2n) is 5.47. The van der Waals surface area contributed by atoms with Gasteiger partial charge in [-0.3, -0.25) is 0 Å². The van der Waals surface area contributed by atoms with E-state index in [0.29, 0.717) is 16.1 Å². The maximum Gasteiger partial charge on any atom is 0.405 e. The Kier molecular flexibility index (Phi) is 5.83. The second-order valence-corrected chi connectivity index (χ2v) is 8.21. The number of halogens is 2. The fraction of sp³-hybridized carbons (Fsp3) is 0.118. The first kappa shape index (κ1) is 18.7. The molecule has 1 aliphatic heterocycles. The number of aromatic nitrogens is 2. The molecule has 0 fully saturated rings. The Bertz CT molecular complexity index is 891. The van der Waals surface area contributed by atoms with Crippen molar-refractivity contribution in [2.45, 2.75) is 11.5 Å². The third kappa shape index (κ3) is 4.19. The Morgan fingerprint density at radius 1 is 1.31 bits per heavy atom. The van der Waals surface area contributed by atoms with Gasteiger partial charge in [0.05, 0.1) is 6.04 Å². The number of carbonyl (C=O) groups is 1. The van der Waals surface area contributed by atoms with Gasteiger partial charge in [-0.15, -0.1) is 0 Å². The number of hydrogen-bond donors (Lipinski definition) is 4. The maximum atomic E-state index is 11.2. The van der Waals surface area contributed by atoms with Gasteiger partial charge in [-0.1, -0.05) is 41.4 Å². The third-order valence-electron chi connectivity index (χ3n) is 3.77. The number of thiol groups is 1. The Labute approximate surface area is 162 Å². The monoisotopic (exact) mass is 411 g/mol. The molecule has 1 unspecified atom stereocenters. The number of amides is 1. The van der Waals surface area contributed by atoms with E-state index in [0.717, 1.165) is 5.57 Å². The van der Waals surface area contributed by atoms with Crippen LogP contribution < -0.4 is 5.32 Å². The van der Waals surface area contributed by atoms with Gasteiger partial charge in [-0.2, -0.15) is 10.9 Å². The van der Waals surface area contributed by atoms with Crippen LogP contribution in [-0.4, -0.2) is 26.3 Å². The van der Waals surface area contributed by atoms with Crippen LogP contribution >= 0.6 is 34.1 Å². The zero-order valence-electron chi connectivity index (χ0n) is 13.3. The van der Waals surface area contributed by atoms with Crippen molar-refractivity contribution in [2.24, 2.45) is 0 Å². The summed E-state index contributed by atoms with van der Waals surface area (Å²) in [4.78, 5) is 19.0. The van der Waals surface area contributed by atoms with E-state index in [2.05, 4.69) is 15.3 Å². The number of benzene rings is 1. The van der Waals surface area contributed by atoms with Crippen LogP contribution in [0.1, 0.15) is 22.6 Å². The Balaban J connectivity index is 1.89. The standard InChI is InChI=1S/C17H15Cl2N3O3S/c18-12-3-1-2-10(6-12)14(22-17(24)25)11-4-5-26(8-11)16(23)13-7-20-9-21-15(13)19/h1-9,14,16,22-23,26H,(H,24,25)/t14-,16-/m1/s1. The molecule has 0 radical (unpaired) electrons. The molecule has 2 heterocycles. The molecule has 3 rings (SSSR count). The summed E-state index contributed by atoms with van der Waals surface area (Å²) >= 11 is 12.1. The van der Waals surface area contributed by atoms with Crippen molar-refractivity contribution in [3.8, 4) is 0 Å². The molecule has 1 aliphatic rings. The molecule has 3 atom stereocenters. The summed E-state index contributed by atoms with van der Waals surface area (Å²) in [6.07, 6.45) is 3.43. The molecule has 6 nitrogen and oxygen atoms in total. The number of aliphatic hydroxyl groups excluding tert-OH is 1. The minimum absolute atomic E-state index is 0.195. The predicted molar refractivity (Wildman–Crippen MR) is 104 cm³/mol. The summed E-state index contributed by atoms with van der Waals surface area (Å²) in [5.41, 5.74) is 1.00. The van der Waals surface area contributed by atoms with Crippen LogP contribution in [0.25, 0.3) is 0 Å². The van der Waals surface area contributed by atoms with Crippen LogP contribution in [0.5, 0.6) is 0 Å². The molecular formula is C17H15Cl2N3O3S. The van der Waals surface area contributed by atoms with E-state index in [9.17, 15) is 15.0 Å². The lowest BCUT2D eigenvalue weighted by atomic mass is 10.0. The van der Waals surface area contributed by atoms with Gasteiger partial charge < -0.3 is 15.5 Å². The van der Waals surface area contributed by atoms with Gasteiger partial charge in [0, 0.05) is 16.8 Å². The largest absolute Gasteiger partial charge is 0.465 e. The van der Waals surface area contributed by atoms with Crippen LogP contribution in [0.15, 0.2) is 59.3 Å². The van der Waals surface area contributed by atoms with Gasteiger partial charge in [0.1, 0.15) is 16.9 Å². The SMILES string of the molecule is O=C(O)N[C@@H](C1=C[SH]([C@@H](O)c2cncnc2Cl)C=C1)c1cccc(Cl)c1. The van der Waals surface area contributed by atoms with E-state index >= 15 is 0 Å². The van der Waals surface area contributed by atoms with E-state index in [-0.39, 0.29) is 5.15 Å². The highest BCUT2D eigenvalue weighted by atomic mass is 35.5. The average Bonchev–Trinajstić information content (AvgIpc) is 3.09. The van der Waals surface area contributed by atoms with Crippen LogP contribution in [-0.2, 0) is 0 Å². The number of nitrogens with one attached hydrogen (secondary N) is 1. The van der Waals surface area contributed by atoms with Crippen molar-refractivity contribution in [2.75, 3.05) is 0 Å². The lowest BCUT2D eigenvalue weighted by Crippen LogP contribution is -2.27. The topological polar surface area (TPSA) is 95.3 Å². The summed E-state index contributed by atoms with van der Waals surface area (Å²) in [6.45, 7) is 0. The molecule has 3 N–H and O–H groups in total. The first-order valence-corrected chi connectivity index (χ1v) is 9.82. The Morgan fingerprint density at radius 2 is 2.12 bits per heavy atom. The van der Waals surface area contributed by atoms with Crippen molar-refractivity contribution >= 4 is 40.2 Å². The molecule has 26 heavy (non-hydrogen) atoms. The highest BCUT2D eigenvalue weighted by molar-refractivity contribution is 8.22. The van der Waals surface area contributed by atoms with E-state index in [1.54, 1.807) is 30.3 Å². The fourth-order valence-corrected chi connectivity index (χ4v) is 4.88. The molecule has 1 aromatic carbocycles. The van der Waals surface area contributed by atoms with Gasteiger partial charge in [-0.25, -0.2) is 14.8 Å². The molecule has 0 spiro atoms. The molecule has 0 saturated carbocycles. The van der Waals surface area contributed by atoms with Gasteiger partial charge in [0.15, 0.2) is 0 Å². The number of carboxylic acid groups (broad SMARTS) is 1. The number of aliphatic hydroxyl groups is 1. The predicted octanol–water partition coefficient (Wildman–Crippen LogP) is 4.20. The minimum atomic E-state index is -1.15. The molecule has 0 aliphatic carbocycles. The van der Waals surface area contributed by atoms with Gasteiger partial charge in [0.25, 0.3) is 0 Å². The van der Waals surface area contributed by atoms with Crippen molar-refractivity contribution in [1.29, 1.82) is 0 Å². The Morgan fingerprint density at radius 3 is 2.81 bits per heavy atom. The summed E-state index contributed by atoms with van der Waals surface area (Å²) in [5, 5.41) is 26.7. The number of hydrogen-bond acceptors (Lipinski definition) is 4. The quantitative estimate of drug-likeness (QED) is 0.436. The molecule has 1 aromatic heterocycles. The van der Waals surface area contributed by atoms with Gasteiger partial charge in [0.2, 0.25) is 0 Å². The van der Waals surface area contributed by atoms with Crippen molar-refractivity contribution in [3.05, 3.63) is 80.6 Å². The second kappa shape index (κ2) is 8.09. The summed E-state index contributed by atoms with van der Waals surface area (Å²) in [7, 11) is -1.11. The summed E-state index contributed by atoms with van der Waals surface area (Å²) in [5.74, 6) is 0. The van der Waals surface area contributed by atoms with Crippen LogP contribution in [0, 0.1) is 0 Å². The third-order valence-corrected chi connectivity index (χ3v) is 6.25. The maximum absolute atomic E-state index is 11.2. The average molecular weight is 412 g/mol. The van der Waals surface area contributed by atoms with Crippen LogP contribution in [0.3, 0.4) is 0 Å². The highest BCUT2D eigenvalue weighted by Crippen LogP contribution is 2.50. The lowest BCUT2D eigenvalue weighted by molar-refractivity contribution is 0.191. The minimum Gasteiger partial charge on any atom is -0.465 e. The van der Waals surface area contributed by atoms with E-state index in [1.807, 2.05) is 10.8 Å². The molecule has 0 saturated heterocycles. The first-order chi connectivity index (χ1) is 12.5. The number of nitrogens with zero attached hydrogens (tertiary/aromatic N) is 2. The summed E-state index contributed by atoms with van der Waals surface area (Å²) in [6, 6.07) is 6.38. The van der Waals surface area contributed by atoms with E-state index in [1.165, 1.54) is 12.5 Å². The normalized spacial score (nSPS) is 19.7. The molecule has 136 valence electrons. The number of rotatable bonds is 5. The van der Waals surface area contributed by atoms with Crippen molar-refractivity contribution in [1.82, 2.24) is 15.3 Å². The molecule has 2 aromatic rings. The Hall–Kier alpha value is -2.06. The fourth-order valence-electron chi connectivity index (χ4n) is 2.58. The lowest BCUT2D eigenvalue weighted by Gasteiger charge is -2.21. The van der Waals surface area contributed by atoms with Crippen LogP contribution in [0.4, 0.5) is 4.79 Å². The zero-order valence-corrected chi connectivity index (χ0v) is 15.7. The van der Waals surface area contributed by atoms with E-state index < -0.39 is 28.5 Å². The zero-order chi connectivity index (χ0) is 18.7. The summed E-state index contributed by atoms with van der Waals surface area (Å²) < 4.78 is 0. The van der Waals surface area contributed by atoms with E-state index in [4.69, 9.17) is 23.2 Å². The van der Waals surface area contributed by atoms with Crippen molar-refractivity contribution < 1.29 is 15.0 Å². The first-order valence-electron chi connectivity index (χ1n) is 7.51. The van der Waals surface area contributed by atoms with Gasteiger partial charge >= 0.3 is 6.09 Å². The molecule has 1 amide bonds. The smallest absolute Gasteiger partial charge is 0.405 e. The molecule has 9 heteroatoms. The molecule has 0 bridgehead atoms.